The molecule has 0 unspecified atom stereocenters. The third-order valence-electron chi connectivity index (χ3n) is 2.73. The van der Waals surface area contributed by atoms with Gasteiger partial charge in [0.2, 0.25) is 10.0 Å². The molecule has 3 N–H and O–H groups in total. The summed E-state index contributed by atoms with van der Waals surface area (Å²) in [4.78, 5) is 0.131. The Labute approximate surface area is 127 Å². The summed E-state index contributed by atoms with van der Waals surface area (Å²) in [6, 6.07) is 12.0. The maximum Gasteiger partial charge on any atom is 0.236 e. The predicted molar refractivity (Wildman–Crippen MR) is 85.0 cm³/mol. The Hall–Kier alpha value is -1.99. The highest BCUT2D eigenvalue weighted by molar-refractivity contribution is 7.91. The third-order valence-corrected chi connectivity index (χ3v) is 4.18. The molecule has 0 heterocycles. The van der Waals surface area contributed by atoms with Gasteiger partial charge in [-0.05, 0) is 23.8 Å². The van der Waals surface area contributed by atoms with Gasteiger partial charge in [0, 0.05) is 5.56 Å². The van der Waals surface area contributed by atoms with Gasteiger partial charge in [-0.25, -0.2) is 12.8 Å². The van der Waals surface area contributed by atoms with E-state index >= 15 is 0 Å². The molecular weight excluding hydrogens is 311 g/mol. The molecule has 0 aliphatic carbocycles. The zero-order valence-corrected chi connectivity index (χ0v) is 12.5. The summed E-state index contributed by atoms with van der Waals surface area (Å²) in [5.74, 6) is -0.810. The fourth-order valence-corrected chi connectivity index (χ4v) is 3.28. The second-order valence-electron chi connectivity index (χ2n) is 4.39. The van der Waals surface area contributed by atoms with Gasteiger partial charge in [-0.2, -0.15) is 0 Å². The van der Waals surface area contributed by atoms with Crippen molar-refractivity contribution in [3.63, 3.8) is 0 Å². The number of benzene rings is 2. The summed E-state index contributed by atoms with van der Waals surface area (Å²) in [7, 11) is -3.69. The zero-order chi connectivity index (χ0) is 15.5. The van der Waals surface area contributed by atoms with Gasteiger partial charge in [-0.3, -0.25) is 4.72 Å². The van der Waals surface area contributed by atoms with Crippen LogP contribution in [0.2, 0.25) is 0 Å². The van der Waals surface area contributed by atoms with Gasteiger partial charge in [0.25, 0.3) is 0 Å². The first-order valence-electron chi connectivity index (χ1n) is 6.01. The van der Waals surface area contributed by atoms with Crippen LogP contribution in [0, 0.1) is 5.82 Å². The summed E-state index contributed by atoms with van der Waals surface area (Å²) in [5.41, 5.74) is 6.75. The lowest BCUT2D eigenvalue weighted by Gasteiger charge is -2.11. The highest BCUT2D eigenvalue weighted by Crippen LogP contribution is 2.16. The Kier molecular flexibility index (Phi) is 4.54. The monoisotopic (exact) mass is 324 g/mol. The number of nitrogens with one attached hydrogen (secondary N) is 1. The van der Waals surface area contributed by atoms with Crippen LogP contribution in [-0.4, -0.2) is 13.4 Å². The molecule has 21 heavy (non-hydrogen) atoms. The molecule has 2 rings (SSSR count). The fourth-order valence-electron chi connectivity index (χ4n) is 1.86. The standard InChI is InChI=1S/C14H13FN2O2S2/c15-11-5-3-6-12(8-11)17-21(18,19)9-10-4-1-2-7-13(10)14(16)20/h1-8,17H,9H2,(H2,16,20). The van der Waals surface area contributed by atoms with Crippen LogP contribution in [0.25, 0.3) is 0 Å². The minimum absolute atomic E-state index is 0.131. The number of anilines is 1. The number of sulfonamides is 1. The van der Waals surface area contributed by atoms with E-state index in [0.29, 0.717) is 11.1 Å². The SMILES string of the molecule is NC(=S)c1ccccc1CS(=O)(=O)Nc1cccc(F)c1. The molecule has 0 saturated heterocycles. The van der Waals surface area contributed by atoms with Crippen molar-refractivity contribution in [1.82, 2.24) is 0 Å². The Morgan fingerprint density at radius 1 is 1.19 bits per heavy atom. The molecule has 0 radical (unpaired) electrons. The van der Waals surface area contributed by atoms with Crippen LogP contribution in [0.15, 0.2) is 48.5 Å². The van der Waals surface area contributed by atoms with Gasteiger partial charge in [0.05, 0.1) is 11.4 Å². The molecular formula is C14H13FN2O2S2. The van der Waals surface area contributed by atoms with E-state index in [1.165, 1.54) is 18.2 Å². The summed E-state index contributed by atoms with van der Waals surface area (Å²) in [5, 5.41) is 0. The van der Waals surface area contributed by atoms with Crippen molar-refractivity contribution in [2.45, 2.75) is 5.75 Å². The second-order valence-corrected chi connectivity index (χ2v) is 6.56. The van der Waals surface area contributed by atoms with E-state index in [1.807, 2.05) is 0 Å². The molecule has 0 atom stereocenters. The lowest BCUT2D eigenvalue weighted by atomic mass is 10.1. The molecule has 0 aliphatic rings. The molecule has 7 heteroatoms. The van der Waals surface area contributed by atoms with Crippen LogP contribution in [0.1, 0.15) is 11.1 Å². The molecule has 110 valence electrons. The van der Waals surface area contributed by atoms with Crippen LogP contribution >= 0.6 is 12.2 Å². The maximum absolute atomic E-state index is 13.1. The van der Waals surface area contributed by atoms with Gasteiger partial charge >= 0.3 is 0 Å². The molecule has 4 nitrogen and oxygen atoms in total. The molecule has 0 aromatic heterocycles. The second kappa shape index (κ2) is 6.19. The Balaban J connectivity index is 2.24. The quantitative estimate of drug-likeness (QED) is 0.829. The summed E-state index contributed by atoms with van der Waals surface area (Å²) in [6.45, 7) is 0. The van der Waals surface area contributed by atoms with Crippen molar-refractivity contribution < 1.29 is 12.8 Å². The van der Waals surface area contributed by atoms with Gasteiger partial charge in [-0.1, -0.05) is 42.5 Å². The van der Waals surface area contributed by atoms with E-state index in [0.717, 1.165) is 6.07 Å². The van der Waals surface area contributed by atoms with E-state index in [1.54, 1.807) is 24.3 Å². The molecule has 0 fully saturated rings. The zero-order valence-electron chi connectivity index (χ0n) is 10.9. The van der Waals surface area contributed by atoms with Crippen molar-refractivity contribution in [2.75, 3.05) is 4.72 Å². The van der Waals surface area contributed by atoms with Crippen LogP contribution in [-0.2, 0) is 15.8 Å². The first-order valence-corrected chi connectivity index (χ1v) is 8.07. The van der Waals surface area contributed by atoms with E-state index in [9.17, 15) is 12.8 Å². The molecule has 0 saturated carbocycles. The van der Waals surface area contributed by atoms with Crippen molar-refractivity contribution in [3.8, 4) is 0 Å². The van der Waals surface area contributed by atoms with Crippen molar-refractivity contribution >= 4 is 32.9 Å². The van der Waals surface area contributed by atoms with E-state index in [4.69, 9.17) is 18.0 Å². The minimum atomic E-state index is -3.69. The molecule has 0 bridgehead atoms. The maximum atomic E-state index is 13.1. The highest BCUT2D eigenvalue weighted by Gasteiger charge is 2.15. The van der Waals surface area contributed by atoms with Crippen molar-refractivity contribution in [3.05, 3.63) is 65.5 Å². The smallest absolute Gasteiger partial charge is 0.236 e. The minimum Gasteiger partial charge on any atom is -0.389 e. The molecule has 2 aromatic carbocycles. The van der Waals surface area contributed by atoms with E-state index in [-0.39, 0.29) is 16.4 Å². The third kappa shape index (κ3) is 4.24. The van der Waals surface area contributed by atoms with Gasteiger partial charge in [0.15, 0.2) is 0 Å². The number of nitrogens with two attached hydrogens (primary N) is 1. The van der Waals surface area contributed by atoms with Crippen molar-refractivity contribution in [2.24, 2.45) is 5.73 Å². The normalized spacial score (nSPS) is 11.1. The highest BCUT2D eigenvalue weighted by atomic mass is 32.2. The number of thiocarbonyl (C=S) groups is 1. The van der Waals surface area contributed by atoms with Crippen LogP contribution in [0.5, 0.6) is 0 Å². The van der Waals surface area contributed by atoms with Gasteiger partial charge in [-0.15, -0.1) is 0 Å². The Morgan fingerprint density at radius 3 is 2.57 bits per heavy atom. The van der Waals surface area contributed by atoms with Crippen LogP contribution in [0.3, 0.4) is 0 Å². The summed E-state index contributed by atoms with van der Waals surface area (Å²) in [6.07, 6.45) is 0. The Morgan fingerprint density at radius 2 is 1.90 bits per heavy atom. The number of rotatable bonds is 5. The first kappa shape index (κ1) is 15.4. The number of halogens is 1. The number of hydrogen-bond donors (Lipinski definition) is 2. The number of hydrogen-bond acceptors (Lipinski definition) is 3. The average molecular weight is 324 g/mol. The topological polar surface area (TPSA) is 72.2 Å². The van der Waals surface area contributed by atoms with Crippen molar-refractivity contribution in [1.29, 1.82) is 0 Å². The summed E-state index contributed by atoms with van der Waals surface area (Å²) < 4.78 is 39.7. The first-order chi connectivity index (χ1) is 9.87. The van der Waals surface area contributed by atoms with E-state index in [2.05, 4.69) is 4.72 Å². The molecule has 0 spiro atoms. The molecule has 0 amide bonds. The Bertz CT molecular complexity index is 776. The van der Waals surface area contributed by atoms with E-state index < -0.39 is 15.8 Å². The van der Waals surface area contributed by atoms with Crippen LogP contribution < -0.4 is 10.5 Å². The lowest BCUT2D eigenvalue weighted by Crippen LogP contribution is -2.19. The summed E-state index contributed by atoms with van der Waals surface area (Å²) >= 11 is 4.90. The van der Waals surface area contributed by atoms with Crippen LogP contribution in [0.4, 0.5) is 10.1 Å². The fraction of sp³-hybridized carbons (Fsp3) is 0.0714. The lowest BCUT2D eigenvalue weighted by molar-refractivity contribution is 0.600. The predicted octanol–water partition coefficient (Wildman–Crippen LogP) is 2.40. The molecule has 2 aromatic rings. The average Bonchev–Trinajstić information content (AvgIpc) is 2.37. The van der Waals surface area contributed by atoms with Gasteiger partial charge in [0.1, 0.15) is 10.8 Å². The van der Waals surface area contributed by atoms with Gasteiger partial charge < -0.3 is 5.73 Å². The largest absolute Gasteiger partial charge is 0.389 e. The molecule has 0 aliphatic heterocycles.